The third-order valence-electron chi connectivity index (χ3n) is 3.98. The van der Waals surface area contributed by atoms with Crippen molar-refractivity contribution >= 4 is 46.0 Å². The molecule has 5 nitrogen and oxygen atoms in total. The minimum absolute atomic E-state index is 0.0756. The molecule has 27 heavy (non-hydrogen) atoms. The first-order chi connectivity index (χ1) is 12.9. The van der Waals surface area contributed by atoms with Crippen LogP contribution < -0.4 is 10.6 Å². The molecule has 0 bridgehead atoms. The van der Waals surface area contributed by atoms with Crippen LogP contribution >= 0.6 is 23.8 Å². The quantitative estimate of drug-likeness (QED) is 0.319. The molecule has 0 heterocycles. The van der Waals surface area contributed by atoms with Crippen LogP contribution in [-0.4, -0.2) is 10.0 Å². The summed E-state index contributed by atoms with van der Waals surface area (Å²) in [7, 11) is 0. The molecule has 7 heteroatoms. The molecule has 0 fully saturated rings. The van der Waals surface area contributed by atoms with E-state index in [4.69, 9.17) is 23.8 Å². The minimum atomic E-state index is -0.382. The van der Waals surface area contributed by atoms with Crippen LogP contribution in [0.4, 0.5) is 17.1 Å². The number of thiocarbonyl (C=S) groups is 1. The Morgan fingerprint density at radius 3 is 2.30 bits per heavy atom. The average Bonchev–Trinajstić information content (AvgIpc) is 2.65. The molecule has 3 aromatic carbocycles. The van der Waals surface area contributed by atoms with Crippen LogP contribution in [0.5, 0.6) is 0 Å². The van der Waals surface area contributed by atoms with Gasteiger partial charge in [0, 0.05) is 22.5 Å². The Morgan fingerprint density at radius 2 is 1.63 bits per heavy atom. The molecule has 0 unspecified atom stereocenters. The number of nitrogens with zero attached hydrogens (tertiary/aromatic N) is 1. The van der Waals surface area contributed by atoms with Crippen LogP contribution in [0.25, 0.3) is 11.1 Å². The lowest BCUT2D eigenvalue weighted by atomic mass is 10.0. The topological polar surface area (TPSA) is 67.2 Å². The highest BCUT2D eigenvalue weighted by Crippen LogP contribution is 2.30. The zero-order chi connectivity index (χ0) is 19.4. The molecule has 0 spiro atoms. The van der Waals surface area contributed by atoms with Crippen molar-refractivity contribution < 1.29 is 4.92 Å². The van der Waals surface area contributed by atoms with Gasteiger partial charge < -0.3 is 10.6 Å². The Balaban J connectivity index is 1.71. The smallest absolute Gasteiger partial charge is 0.277 e. The third kappa shape index (κ3) is 4.61. The van der Waals surface area contributed by atoms with E-state index in [2.05, 4.69) is 10.6 Å². The molecule has 3 aromatic rings. The second kappa shape index (κ2) is 8.16. The molecule has 0 amide bonds. The molecule has 0 atom stereocenters. The van der Waals surface area contributed by atoms with E-state index < -0.39 is 0 Å². The van der Waals surface area contributed by atoms with Crippen molar-refractivity contribution in [3.05, 3.63) is 87.4 Å². The summed E-state index contributed by atoms with van der Waals surface area (Å²) in [4.78, 5) is 10.8. The third-order valence-corrected chi connectivity index (χ3v) is 4.60. The van der Waals surface area contributed by atoms with Crippen LogP contribution in [0.3, 0.4) is 0 Å². The lowest BCUT2D eigenvalue weighted by Gasteiger charge is -2.12. The zero-order valence-corrected chi connectivity index (χ0v) is 16.0. The van der Waals surface area contributed by atoms with Gasteiger partial charge in [0.2, 0.25) is 0 Å². The first-order valence-corrected chi connectivity index (χ1v) is 8.90. The van der Waals surface area contributed by atoms with Crippen molar-refractivity contribution in [2.24, 2.45) is 0 Å². The van der Waals surface area contributed by atoms with Gasteiger partial charge in [-0.1, -0.05) is 41.9 Å². The number of rotatable bonds is 4. The molecule has 0 radical (unpaired) electrons. The van der Waals surface area contributed by atoms with E-state index in [0.29, 0.717) is 15.7 Å². The van der Waals surface area contributed by atoms with Gasteiger partial charge in [-0.3, -0.25) is 10.1 Å². The van der Waals surface area contributed by atoms with Crippen molar-refractivity contribution in [1.82, 2.24) is 0 Å². The second-order valence-corrected chi connectivity index (χ2v) is 6.71. The highest BCUT2D eigenvalue weighted by atomic mass is 35.5. The van der Waals surface area contributed by atoms with E-state index in [1.165, 1.54) is 6.07 Å². The fourth-order valence-corrected chi connectivity index (χ4v) is 2.99. The minimum Gasteiger partial charge on any atom is -0.332 e. The summed E-state index contributed by atoms with van der Waals surface area (Å²) in [5, 5.41) is 18.4. The number of halogens is 1. The molecule has 3 rings (SSSR count). The Kier molecular flexibility index (Phi) is 5.69. The van der Waals surface area contributed by atoms with Gasteiger partial charge in [0.15, 0.2) is 5.11 Å². The van der Waals surface area contributed by atoms with Crippen molar-refractivity contribution in [1.29, 1.82) is 0 Å². The predicted molar refractivity (Wildman–Crippen MR) is 115 cm³/mol. The van der Waals surface area contributed by atoms with E-state index in [9.17, 15) is 10.1 Å². The van der Waals surface area contributed by atoms with E-state index in [1.54, 1.807) is 18.2 Å². The second-order valence-electron chi connectivity index (χ2n) is 5.89. The number of anilines is 2. The number of nitro groups is 1. The number of benzene rings is 3. The van der Waals surface area contributed by atoms with E-state index in [1.807, 2.05) is 49.4 Å². The maximum absolute atomic E-state index is 11.2. The van der Waals surface area contributed by atoms with Crippen molar-refractivity contribution in [2.75, 3.05) is 10.6 Å². The highest BCUT2D eigenvalue weighted by Gasteiger charge is 2.13. The number of para-hydroxylation sites is 1. The number of nitrogens with one attached hydrogen (secondary N) is 2. The van der Waals surface area contributed by atoms with Crippen molar-refractivity contribution in [3.8, 4) is 11.1 Å². The van der Waals surface area contributed by atoms with E-state index >= 15 is 0 Å². The van der Waals surface area contributed by atoms with Crippen LogP contribution in [0.15, 0.2) is 66.7 Å². The summed E-state index contributed by atoms with van der Waals surface area (Å²) >= 11 is 11.4. The molecule has 0 aliphatic heterocycles. The molecule has 136 valence electrons. The molecule has 0 aromatic heterocycles. The SMILES string of the molecule is Cc1ccc(NC(=S)Nc2ccc(-c3ccccc3[N+](=O)[O-])cc2)cc1Cl. The summed E-state index contributed by atoms with van der Waals surface area (Å²) in [5.74, 6) is 0. The normalized spacial score (nSPS) is 10.3. The fraction of sp³-hybridized carbons (Fsp3) is 0.0500. The number of nitro benzene ring substituents is 1. The van der Waals surface area contributed by atoms with Crippen molar-refractivity contribution in [2.45, 2.75) is 6.92 Å². The highest BCUT2D eigenvalue weighted by molar-refractivity contribution is 7.80. The molecule has 0 saturated carbocycles. The molecule has 0 saturated heterocycles. The Bertz CT molecular complexity index is 1010. The molecular formula is C20H16ClN3O2S. The summed E-state index contributed by atoms with van der Waals surface area (Å²) in [5.41, 5.74) is 3.96. The molecule has 0 aliphatic carbocycles. The van der Waals surface area contributed by atoms with Crippen molar-refractivity contribution in [3.63, 3.8) is 0 Å². The largest absolute Gasteiger partial charge is 0.332 e. The average molecular weight is 398 g/mol. The van der Waals surface area contributed by atoms with Gasteiger partial charge in [-0.25, -0.2) is 0 Å². The lowest BCUT2D eigenvalue weighted by molar-refractivity contribution is -0.384. The first-order valence-electron chi connectivity index (χ1n) is 8.12. The molecular weight excluding hydrogens is 382 g/mol. The summed E-state index contributed by atoms with van der Waals surface area (Å²) < 4.78 is 0. The van der Waals surface area contributed by atoms with Crippen LogP contribution in [0, 0.1) is 17.0 Å². The number of hydrogen-bond acceptors (Lipinski definition) is 3. The van der Waals surface area contributed by atoms with Crippen LogP contribution in [0.1, 0.15) is 5.56 Å². The fourth-order valence-electron chi connectivity index (χ4n) is 2.57. The van der Waals surface area contributed by atoms with E-state index in [-0.39, 0.29) is 10.6 Å². The zero-order valence-electron chi connectivity index (χ0n) is 14.4. The maximum Gasteiger partial charge on any atom is 0.277 e. The van der Waals surface area contributed by atoms with Gasteiger partial charge in [-0.05, 0) is 60.6 Å². The monoisotopic (exact) mass is 397 g/mol. The van der Waals surface area contributed by atoms with E-state index in [0.717, 1.165) is 22.5 Å². The Labute approximate surface area is 167 Å². The number of aryl methyl sites for hydroxylation is 1. The van der Waals surface area contributed by atoms with Gasteiger partial charge in [0.05, 0.1) is 10.5 Å². The summed E-state index contributed by atoms with van der Waals surface area (Å²) in [6.45, 7) is 1.93. The van der Waals surface area contributed by atoms with Crippen LogP contribution in [0.2, 0.25) is 5.02 Å². The Hall–Kier alpha value is -2.96. The lowest BCUT2D eigenvalue weighted by Crippen LogP contribution is -2.19. The number of hydrogen-bond donors (Lipinski definition) is 2. The van der Waals surface area contributed by atoms with Gasteiger partial charge >= 0.3 is 0 Å². The summed E-state index contributed by atoms with van der Waals surface area (Å²) in [6, 6.07) is 19.5. The van der Waals surface area contributed by atoms with Gasteiger partial charge in [0.1, 0.15) is 0 Å². The first kappa shape index (κ1) is 18.8. The van der Waals surface area contributed by atoms with Gasteiger partial charge in [0.25, 0.3) is 5.69 Å². The Morgan fingerprint density at radius 1 is 1.00 bits per heavy atom. The molecule has 2 N–H and O–H groups in total. The standard InChI is InChI=1S/C20H16ClN3O2S/c1-13-6-9-16(12-18(13)21)23-20(27)22-15-10-7-14(8-11-15)17-4-2-3-5-19(17)24(25)26/h2-12H,1H3,(H2,22,23,27). The maximum atomic E-state index is 11.2. The summed E-state index contributed by atoms with van der Waals surface area (Å²) in [6.07, 6.45) is 0. The van der Waals surface area contributed by atoms with Crippen LogP contribution in [-0.2, 0) is 0 Å². The van der Waals surface area contributed by atoms with Gasteiger partial charge in [-0.15, -0.1) is 0 Å². The predicted octanol–water partition coefficient (Wildman–Crippen LogP) is 6.03. The molecule has 0 aliphatic rings. The van der Waals surface area contributed by atoms with Gasteiger partial charge in [-0.2, -0.15) is 0 Å².